The van der Waals surface area contributed by atoms with Crippen LogP contribution in [0.1, 0.15) is 0 Å². The van der Waals surface area contributed by atoms with E-state index in [1.54, 1.807) is 0 Å². The second-order valence-electron chi connectivity index (χ2n) is 0. The van der Waals surface area contributed by atoms with Crippen molar-refractivity contribution in [3.8, 4) is 0 Å². The van der Waals surface area contributed by atoms with Crippen molar-refractivity contribution in [1.29, 1.82) is 0 Å². The van der Waals surface area contributed by atoms with Gasteiger partial charge in [-0.3, -0.25) is 0 Å². The summed E-state index contributed by atoms with van der Waals surface area (Å²) in [6.07, 6.45) is 0. The van der Waals surface area contributed by atoms with E-state index in [-0.39, 0.29) is 63.2 Å². The Hall–Kier alpha value is 1.26. The number of hydrogen-bond acceptors (Lipinski definition) is 0. The van der Waals surface area contributed by atoms with Crippen LogP contribution in [0.25, 0.3) is 0 Å². The third-order valence-corrected chi connectivity index (χ3v) is 0. The molecule has 1 radical (unpaired) electrons. The van der Waals surface area contributed by atoms with Gasteiger partial charge in [0.2, 0.25) is 0 Å². The van der Waals surface area contributed by atoms with E-state index >= 15 is 0 Å². The van der Waals surface area contributed by atoms with Crippen LogP contribution in [0.2, 0.25) is 0 Å². The van der Waals surface area contributed by atoms with E-state index in [0.717, 1.165) is 0 Å². The van der Waals surface area contributed by atoms with Gasteiger partial charge >= 0.3 is 0 Å². The van der Waals surface area contributed by atoms with Crippen molar-refractivity contribution in [2.24, 2.45) is 0 Å². The van der Waals surface area contributed by atoms with Gasteiger partial charge in [-0.05, 0) is 0 Å². The van der Waals surface area contributed by atoms with Crippen molar-refractivity contribution in [2.45, 2.75) is 0 Å². The molecule has 25 valence electrons. The first-order chi connectivity index (χ1) is 0. The molecular formula is H12B4Na. The predicted octanol–water partition coefficient (Wildman–Crippen LogP) is -5.12. The van der Waals surface area contributed by atoms with E-state index in [1.807, 2.05) is 0 Å². The van der Waals surface area contributed by atoms with Crippen molar-refractivity contribution in [1.82, 2.24) is 0 Å². The summed E-state index contributed by atoms with van der Waals surface area (Å²) < 4.78 is 0. The Morgan fingerprint density at radius 3 is 0.400 bits per heavy atom. The Morgan fingerprint density at radius 2 is 0.400 bits per heavy atom. The fraction of sp³-hybridized carbons (Fsp3) is 0. The number of rotatable bonds is 0. The minimum absolute atomic E-state index is 0. The summed E-state index contributed by atoms with van der Waals surface area (Å²) in [5.74, 6) is 0. The van der Waals surface area contributed by atoms with E-state index in [2.05, 4.69) is 0 Å². The van der Waals surface area contributed by atoms with Gasteiger partial charge in [0.25, 0.3) is 0 Å². The van der Waals surface area contributed by atoms with Crippen LogP contribution in [0, 0.1) is 0 Å². The van der Waals surface area contributed by atoms with Crippen molar-refractivity contribution in [3.05, 3.63) is 0 Å². The van der Waals surface area contributed by atoms with Gasteiger partial charge in [-0.25, -0.2) is 0 Å². The number of hydrogen-bond donors (Lipinski definition) is 0. The first-order valence-electron chi connectivity index (χ1n) is 0. The maximum absolute atomic E-state index is 0. The third-order valence-electron chi connectivity index (χ3n) is 0. The first-order valence-corrected chi connectivity index (χ1v) is 0. The van der Waals surface area contributed by atoms with Gasteiger partial charge in [0.15, 0.2) is 0 Å². The van der Waals surface area contributed by atoms with Gasteiger partial charge in [0.05, 0.1) is 33.7 Å². The summed E-state index contributed by atoms with van der Waals surface area (Å²) in [6, 6.07) is 0. The maximum atomic E-state index is 0. The molecule has 0 atom stereocenters. The molecule has 0 heterocycles. The fourth-order valence-corrected chi connectivity index (χ4v) is 0. The molecule has 0 aromatic carbocycles. The topological polar surface area (TPSA) is 0 Å². The average Bonchev–Trinajstić information content (AvgIpc) is 0. The maximum Gasteiger partial charge on any atom is 0.0814 e. The van der Waals surface area contributed by atoms with E-state index < -0.39 is 0 Å². The minimum Gasteiger partial charge on any atom is 0 e. The molecule has 0 spiro atoms. The molecule has 0 bridgehead atoms. The Balaban J connectivity index is 0. The van der Waals surface area contributed by atoms with Crippen LogP contribution in [0.4, 0.5) is 0 Å². The Bertz CT molecular complexity index is 3.61. The molecule has 0 aliphatic heterocycles. The van der Waals surface area contributed by atoms with Gasteiger partial charge in [-0.1, -0.05) is 0 Å². The molecule has 0 nitrogen and oxygen atoms in total. The van der Waals surface area contributed by atoms with Crippen LogP contribution in [0.3, 0.4) is 0 Å². The molecule has 0 fully saturated rings. The Morgan fingerprint density at radius 1 is 0.400 bits per heavy atom. The molecule has 0 N–H and O–H groups in total. The molecule has 5 heavy (non-hydrogen) atoms. The minimum atomic E-state index is 0. The van der Waals surface area contributed by atoms with Crippen LogP contribution in [-0.4, -0.2) is 63.2 Å². The third kappa shape index (κ3) is 35.2. The van der Waals surface area contributed by atoms with Crippen LogP contribution in [-0.2, 0) is 0 Å². The predicted molar refractivity (Wildman–Crippen MR) is 45.5 cm³/mol. The quantitative estimate of drug-likeness (QED) is 0.254. The van der Waals surface area contributed by atoms with Crippen molar-refractivity contribution in [2.75, 3.05) is 0 Å². The summed E-state index contributed by atoms with van der Waals surface area (Å²) in [5, 5.41) is 0. The molecule has 0 saturated heterocycles. The average molecular weight is 78.3 g/mol. The Kier molecular flexibility index (Phi) is 1310. The van der Waals surface area contributed by atoms with Gasteiger partial charge in [0, 0.05) is 29.6 Å². The first kappa shape index (κ1) is 109. The van der Waals surface area contributed by atoms with Gasteiger partial charge in [-0.2, -0.15) is 0 Å². The zero-order valence-corrected chi connectivity index (χ0v) is 3.00. The summed E-state index contributed by atoms with van der Waals surface area (Å²) >= 11 is 0. The normalized spacial score (nSPS) is 0. The smallest absolute Gasteiger partial charge is 0 e. The van der Waals surface area contributed by atoms with E-state index in [9.17, 15) is 0 Å². The van der Waals surface area contributed by atoms with Crippen LogP contribution in [0.15, 0.2) is 0 Å². The molecule has 0 aromatic rings. The molecular weight excluding hydrogens is 66.2 g/mol. The van der Waals surface area contributed by atoms with Crippen LogP contribution in [0.5, 0.6) is 0 Å². The summed E-state index contributed by atoms with van der Waals surface area (Å²) in [7, 11) is 0. The van der Waals surface area contributed by atoms with E-state index in [0.29, 0.717) is 0 Å². The molecule has 0 aliphatic rings. The molecule has 0 aromatic heterocycles. The summed E-state index contributed by atoms with van der Waals surface area (Å²) in [4.78, 5) is 0. The van der Waals surface area contributed by atoms with Crippen molar-refractivity contribution >= 4 is 63.2 Å². The van der Waals surface area contributed by atoms with Gasteiger partial charge < -0.3 is 0 Å². The van der Waals surface area contributed by atoms with Crippen LogP contribution >= 0.6 is 0 Å². The molecule has 0 amide bonds. The molecule has 0 rings (SSSR count). The monoisotopic (exact) mass is 79.1 g/mol. The standard InChI is InChI=1S/4BH3.Na/h4*1H3;. The largest absolute Gasteiger partial charge is 0.0814 e. The van der Waals surface area contributed by atoms with Crippen molar-refractivity contribution in [3.63, 3.8) is 0 Å². The Labute approximate surface area is 63.1 Å². The summed E-state index contributed by atoms with van der Waals surface area (Å²) in [6.45, 7) is 0. The van der Waals surface area contributed by atoms with Crippen molar-refractivity contribution < 1.29 is 0 Å². The summed E-state index contributed by atoms with van der Waals surface area (Å²) in [5.41, 5.74) is 0. The van der Waals surface area contributed by atoms with Gasteiger partial charge in [-0.15, -0.1) is 0 Å². The van der Waals surface area contributed by atoms with E-state index in [1.165, 1.54) is 0 Å². The molecule has 0 aliphatic carbocycles. The molecule has 5 heteroatoms. The van der Waals surface area contributed by atoms with E-state index in [4.69, 9.17) is 0 Å². The SMILES string of the molecule is B.B.B.B.[Na]. The fourth-order valence-electron chi connectivity index (χ4n) is 0. The van der Waals surface area contributed by atoms with Gasteiger partial charge in [0.1, 0.15) is 0 Å². The second kappa shape index (κ2) is 60.1. The molecule has 0 unspecified atom stereocenters. The second-order valence-corrected chi connectivity index (χ2v) is 0. The molecule has 0 saturated carbocycles. The zero-order valence-electron chi connectivity index (χ0n) is 1.00. The van der Waals surface area contributed by atoms with Crippen LogP contribution < -0.4 is 0 Å². The zero-order chi connectivity index (χ0) is 0.